The number of benzene rings is 2. The first-order chi connectivity index (χ1) is 8.74. The van der Waals surface area contributed by atoms with Gasteiger partial charge >= 0.3 is 0 Å². The van der Waals surface area contributed by atoms with Crippen LogP contribution in [0.5, 0.6) is 0 Å². The van der Waals surface area contributed by atoms with E-state index in [0.717, 1.165) is 5.56 Å². The SMILES string of the molecule is N#Cc1cccc(S(=O)c2ccc(CO)cc2)c1. The van der Waals surface area contributed by atoms with Gasteiger partial charge in [-0.05, 0) is 35.9 Å². The van der Waals surface area contributed by atoms with Crippen LogP contribution in [0.1, 0.15) is 11.1 Å². The van der Waals surface area contributed by atoms with Crippen LogP contribution in [0.4, 0.5) is 0 Å². The molecule has 0 bridgehead atoms. The Morgan fingerprint density at radius 2 is 1.83 bits per heavy atom. The van der Waals surface area contributed by atoms with Gasteiger partial charge in [0.25, 0.3) is 0 Å². The maximum Gasteiger partial charge on any atom is 0.0992 e. The summed E-state index contributed by atoms with van der Waals surface area (Å²) < 4.78 is 12.3. The molecule has 1 unspecified atom stereocenters. The second kappa shape index (κ2) is 5.58. The number of rotatable bonds is 3. The van der Waals surface area contributed by atoms with E-state index in [1.165, 1.54) is 0 Å². The highest BCUT2D eigenvalue weighted by Crippen LogP contribution is 2.18. The Kier molecular flexibility index (Phi) is 3.88. The van der Waals surface area contributed by atoms with Crippen LogP contribution in [-0.4, -0.2) is 9.32 Å². The van der Waals surface area contributed by atoms with Crippen molar-refractivity contribution in [2.45, 2.75) is 16.4 Å². The molecule has 0 saturated heterocycles. The molecule has 0 aliphatic rings. The Balaban J connectivity index is 2.32. The van der Waals surface area contributed by atoms with Gasteiger partial charge in [-0.25, -0.2) is 4.21 Å². The molecule has 0 radical (unpaired) electrons. The molecular weight excluding hydrogens is 246 g/mol. The van der Waals surface area contributed by atoms with E-state index in [9.17, 15) is 4.21 Å². The smallest absolute Gasteiger partial charge is 0.0992 e. The quantitative estimate of drug-likeness (QED) is 0.917. The third kappa shape index (κ3) is 2.65. The molecule has 0 aliphatic heterocycles. The van der Waals surface area contributed by atoms with Crippen molar-refractivity contribution in [3.8, 4) is 6.07 Å². The zero-order valence-electron chi connectivity index (χ0n) is 9.54. The van der Waals surface area contributed by atoms with Gasteiger partial charge in [0.05, 0.1) is 29.0 Å². The van der Waals surface area contributed by atoms with E-state index in [4.69, 9.17) is 10.4 Å². The standard InChI is InChI=1S/C14H11NO2S/c15-9-12-2-1-3-14(8-12)18(17)13-6-4-11(10-16)5-7-13/h1-8,16H,10H2. The summed E-state index contributed by atoms with van der Waals surface area (Å²) >= 11 is 0. The summed E-state index contributed by atoms with van der Waals surface area (Å²) in [7, 11) is -1.30. The summed E-state index contributed by atoms with van der Waals surface area (Å²) in [6.45, 7) is -0.0309. The first kappa shape index (κ1) is 12.5. The van der Waals surface area contributed by atoms with Gasteiger partial charge in [-0.1, -0.05) is 18.2 Å². The maximum absolute atomic E-state index is 12.3. The van der Waals surface area contributed by atoms with Gasteiger partial charge in [0.15, 0.2) is 0 Å². The van der Waals surface area contributed by atoms with Gasteiger partial charge in [0.1, 0.15) is 0 Å². The minimum absolute atomic E-state index is 0.0309. The number of nitrogens with zero attached hydrogens (tertiary/aromatic N) is 1. The Morgan fingerprint density at radius 3 is 2.44 bits per heavy atom. The summed E-state index contributed by atoms with van der Waals surface area (Å²) in [5.41, 5.74) is 1.27. The third-order valence-corrected chi connectivity index (χ3v) is 3.88. The van der Waals surface area contributed by atoms with Crippen molar-refractivity contribution in [3.05, 3.63) is 59.7 Å². The molecule has 2 aromatic carbocycles. The van der Waals surface area contributed by atoms with Crippen molar-refractivity contribution in [3.63, 3.8) is 0 Å². The summed E-state index contributed by atoms with van der Waals surface area (Å²) in [6.07, 6.45) is 0. The van der Waals surface area contributed by atoms with Crippen molar-refractivity contribution in [2.24, 2.45) is 0 Å². The molecule has 1 atom stereocenters. The van der Waals surface area contributed by atoms with Crippen LogP contribution in [0.3, 0.4) is 0 Å². The Morgan fingerprint density at radius 1 is 1.11 bits per heavy atom. The predicted molar refractivity (Wildman–Crippen MR) is 68.2 cm³/mol. The maximum atomic E-state index is 12.3. The van der Waals surface area contributed by atoms with Gasteiger partial charge in [-0.2, -0.15) is 5.26 Å². The largest absolute Gasteiger partial charge is 0.392 e. The normalized spacial score (nSPS) is 11.8. The van der Waals surface area contributed by atoms with Gasteiger partial charge < -0.3 is 5.11 Å². The van der Waals surface area contributed by atoms with Crippen molar-refractivity contribution < 1.29 is 9.32 Å². The van der Waals surface area contributed by atoms with Crippen LogP contribution in [0.2, 0.25) is 0 Å². The van der Waals surface area contributed by atoms with Crippen LogP contribution >= 0.6 is 0 Å². The van der Waals surface area contributed by atoms with E-state index in [0.29, 0.717) is 15.4 Å². The van der Waals surface area contributed by atoms with Crippen molar-refractivity contribution in [1.82, 2.24) is 0 Å². The minimum Gasteiger partial charge on any atom is -0.392 e. The van der Waals surface area contributed by atoms with Crippen LogP contribution in [0.15, 0.2) is 58.3 Å². The molecular formula is C14H11NO2S. The second-order valence-electron chi connectivity index (χ2n) is 3.71. The van der Waals surface area contributed by atoms with Gasteiger partial charge in [-0.15, -0.1) is 0 Å². The van der Waals surface area contributed by atoms with Crippen molar-refractivity contribution in [2.75, 3.05) is 0 Å². The summed E-state index contributed by atoms with van der Waals surface area (Å²) in [4.78, 5) is 1.26. The van der Waals surface area contributed by atoms with Gasteiger partial charge in [-0.3, -0.25) is 0 Å². The minimum atomic E-state index is -1.30. The average Bonchev–Trinajstić information content (AvgIpc) is 2.46. The zero-order valence-corrected chi connectivity index (χ0v) is 10.4. The highest BCUT2D eigenvalue weighted by Gasteiger charge is 2.07. The van der Waals surface area contributed by atoms with Crippen molar-refractivity contribution in [1.29, 1.82) is 5.26 Å². The van der Waals surface area contributed by atoms with E-state index in [2.05, 4.69) is 0 Å². The number of hydrogen-bond donors (Lipinski definition) is 1. The topological polar surface area (TPSA) is 61.1 Å². The van der Waals surface area contributed by atoms with Crippen LogP contribution in [0, 0.1) is 11.3 Å². The number of nitriles is 1. The number of aliphatic hydroxyl groups excluding tert-OH is 1. The van der Waals surface area contributed by atoms with Crippen LogP contribution in [-0.2, 0) is 17.4 Å². The first-order valence-corrected chi connectivity index (χ1v) is 6.51. The van der Waals surface area contributed by atoms with E-state index in [1.807, 2.05) is 6.07 Å². The monoisotopic (exact) mass is 257 g/mol. The molecule has 3 nitrogen and oxygen atoms in total. The molecule has 90 valence electrons. The molecule has 4 heteroatoms. The lowest BCUT2D eigenvalue weighted by molar-refractivity contribution is 0.282. The Bertz CT molecular complexity index is 614. The Hall–Kier alpha value is -1.96. The molecule has 0 fully saturated rings. The summed E-state index contributed by atoms with van der Waals surface area (Å²) in [5, 5.41) is 17.7. The fourth-order valence-corrected chi connectivity index (χ4v) is 2.63. The fourth-order valence-electron chi connectivity index (χ4n) is 1.54. The number of aliphatic hydroxyl groups is 1. The lowest BCUT2D eigenvalue weighted by atomic mass is 10.2. The number of hydrogen-bond acceptors (Lipinski definition) is 3. The Labute approximate surface area is 108 Å². The predicted octanol–water partition coefficient (Wildman–Crippen LogP) is 2.22. The molecule has 2 aromatic rings. The summed E-state index contributed by atoms with van der Waals surface area (Å²) in [5.74, 6) is 0. The van der Waals surface area contributed by atoms with Gasteiger partial charge in [0, 0.05) is 9.79 Å². The summed E-state index contributed by atoms with van der Waals surface area (Å²) in [6, 6.07) is 15.7. The third-order valence-electron chi connectivity index (χ3n) is 2.50. The lowest BCUT2D eigenvalue weighted by Crippen LogP contribution is -1.94. The van der Waals surface area contributed by atoms with Crippen molar-refractivity contribution >= 4 is 10.8 Å². The molecule has 1 N–H and O–H groups in total. The average molecular weight is 257 g/mol. The molecule has 0 aromatic heterocycles. The zero-order chi connectivity index (χ0) is 13.0. The highest BCUT2D eigenvalue weighted by atomic mass is 32.2. The molecule has 18 heavy (non-hydrogen) atoms. The van der Waals surface area contributed by atoms with E-state index >= 15 is 0 Å². The van der Waals surface area contributed by atoms with E-state index in [-0.39, 0.29) is 6.61 Å². The van der Waals surface area contributed by atoms with E-state index < -0.39 is 10.8 Å². The first-order valence-electron chi connectivity index (χ1n) is 5.36. The van der Waals surface area contributed by atoms with E-state index in [1.54, 1.807) is 48.5 Å². The van der Waals surface area contributed by atoms with Crippen LogP contribution in [0.25, 0.3) is 0 Å². The fraction of sp³-hybridized carbons (Fsp3) is 0.0714. The molecule has 0 spiro atoms. The lowest BCUT2D eigenvalue weighted by Gasteiger charge is -2.03. The van der Waals surface area contributed by atoms with Crippen LogP contribution < -0.4 is 0 Å². The van der Waals surface area contributed by atoms with Gasteiger partial charge in [0.2, 0.25) is 0 Å². The molecule has 0 aliphatic carbocycles. The highest BCUT2D eigenvalue weighted by molar-refractivity contribution is 7.85. The molecule has 0 heterocycles. The molecule has 0 saturated carbocycles. The second-order valence-corrected chi connectivity index (χ2v) is 5.19. The molecule has 0 amide bonds. The molecule has 2 rings (SSSR count).